The van der Waals surface area contributed by atoms with Crippen LogP contribution in [0.1, 0.15) is 16.8 Å². The molecule has 1 fully saturated rings. The highest BCUT2D eigenvalue weighted by molar-refractivity contribution is 5.86. The Balaban J connectivity index is 0.00000280. The molecule has 1 aromatic carbocycles. The Morgan fingerprint density at radius 1 is 1.17 bits per heavy atom. The summed E-state index contributed by atoms with van der Waals surface area (Å²) < 4.78 is 19.2. The fourth-order valence-corrected chi connectivity index (χ4v) is 3.58. The van der Waals surface area contributed by atoms with Crippen LogP contribution < -0.4 is 16.4 Å². The maximum Gasteiger partial charge on any atom is 0.123 e. The third-order valence-electron chi connectivity index (χ3n) is 4.88. The van der Waals surface area contributed by atoms with Gasteiger partial charge in [-0.1, -0.05) is 12.1 Å². The van der Waals surface area contributed by atoms with Crippen LogP contribution in [0.5, 0.6) is 0 Å². The van der Waals surface area contributed by atoms with Crippen molar-refractivity contribution in [2.24, 2.45) is 5.92 Å². The van der Waals surface area contributed by atoms with E-state index in [4.69, 9.17) is 10.5 Å². The molecule has 0 radical (unpaired) electrons. The molecule has 1 saturated heterocycles. The van der Waals surface area contributed by atoms with Crippen molar-refractivity contribution in [3.8, 4) is 0 Å². The summed E-state index contributed by atoms with van der Waals surface area (Å²) in [6.07, 6.45) is 1.88. The van der Waals surface area contributed by atoms with Crippen LogP contribution in [-0.2, 0) is 17.6 Å². The van der Waals surface area contributed by atoms with Gasteiger partial charge in [0.2, 0.25) is 0 Å². The van der Waals surface area contributed by atoms with Crippen molar-refractivity contribution in [2.45, 2.75) is 25.9 Å². The first-order chi connectivity index (χ1) is 13.1. The molecule has 4 N–H and O–H groups in total. The quantitative estimate of drug-likeness (QED) is 0.479. The largest absolute Gasteiger partial charge is 0.384 e. The van der Waals surface area contributed by atoms with Gasteiger partial charge in [0, 0.05) is 31.2 Å². The van der Waals surface area contributed by atoms with Gasteiger partial charge in [0.25, 0.3) is 0 Å². The molecule has 3 rings (SSSR count). The third-order valence-corrected chi connectivity index (χ3v) is 4.88. The molecule has 0 aliphatic carbocycles. The first-order valence-corrected chi connectivity index (χ1v) is 9.60. The van der Waals surface area contributed by atoms with Crippen LogP contribution in [0.4, 0.5) is 10.2 Å². The van der Waals surface area contributed by atoms with E-state index in [1.807, 2.05) is 19.1 Å². The zero-order valence-corrected chi connectivity index (χ0v) is 19.6. The predicted molar refractivity (Wildman–Crippen MR) is 128 cm³/mol. The van der Waals surface area contributed by atoms with Gasteiger partial charge in [0.1, 0.15) is 11.6 Å². The second-order valence-electron chi connectivity index (χ2n) is 7.22. The van der Waals surface area contributed by atoms with Crippen LogP contribution in [0.25, 0.3) is 0 Å². The summed E-state index contributed by atoms with van der Waals surface area (Å²) in [7, 11) is 0. The summed E-state index contributed by atoms with van der Waals surface area (Å²) in [5.74, 6) is 0.808. The maximum absolute atomic E-state index is 13.1. The topological polar surface area (TPSA) is 72.2 Å². The van der Waals surface area contributed by atoms with Crippen LogP contribution in [0.2, 0.25) is 0 Å². The number of nitrogens with zero attached hydrogens (tertiary/aromatic N) is 1. The molecular formula is C21H32Cl3FN4O. The van der Waals surface area contributed by atoms with Crippen LogP contribution in [0.3, 0.4) is 0 Å². The molecule has 1 aromatic heterocycles. The van der Waals surface area contributed by atoms with Crippen molar-refractivity contribution in [2.75, 3.05) is 38.5 Å². The number of nitrogens with two attached hydrogens (primary N) is 1. The Morgan fingerprint density at radius 3 is 2.70 bits per heavy atom. The Morgan fingerprint density at radius 2 is 1.97 bits per heavy atom. The standard InChI is InChI=1S/C21H29FN4O.3ClH/c1-15-9-19(26-21(23)10-15)12-17-13-25-14-20(17)27-8-7-24-6-5-16-3-2-4-18(22)11-16;;;/h2-4,9-11,17,20,24-25H,5-8,12-14H2,1H3,(H2,23,26);3*1H/t17-,20-;;;/m1.../s1. The Hall–Kier alpha value is -1.15. The van der Waals surface area contributed by atoms with E-state index in [9.17, 15) is 4.39 Å². The summed E-state index contributed by atoms with van der Waals surface area (Å²) in [6, 6.07) is 10.7. The van der Waals surface area contributed by atoms with Crippen LogP contribution in [-0.4, -0.2) is 43.9 Å². The van der Waals surface area contributed by atoms with Gasteiger partial charge in [-0.25, -0.2) is 9.37 Å². The zero-order chi connectivity index (χ0) is 19.1. The van der Waals surface area contributed by atoms with E-state index in [0.29, 0.717) is 18.3 Å². The number of hydrogen-bond donors (Lipinski definition) is 3. The van der Waals surface area contributed by atoms with Crippen LogP contribution in [0.15, 0.2) is 36.4 Å². The minimum Gasteiger partial charge on any atom is -0.384 e. The lowest BCUT2D eigenvalue weighted by molar-refractivity contribution is 0.0397. The van der Waals surface area contributed by atoms with Gasteiger partial charge in [-0.05, 0) is 61.7 Å². The first-order valence-electron chi connectivity index (χ1n) is 9.60. The molecule has 0 unspecified atom stereocenters. The fourth-order valence-electron chi connectivity index (χ4n) is 3.58. The van der Waals surface area contributed by atoms with E-state index in [2.05, 4.69) is 21.7 Å². The van der Waals surface area contributed by atoms with Gasteiger partial charge in [-0.2, -0.15) is 0 Å². The lowest BCUT2D eigenvalue weighted by atomic mass is 9.99. The third kappa shape index (κ3) is 9.33. The molecule has 0 saturated carbocycles. The van der Waals surface area contributed by atoms with Crippen LogP contribution in [0, 0.1) is 18.7 Å². The highest BCUT2D eigenvalue weighted by atomic mass is 35.5. The number of halogens is 4. The fraction of sp³-hybridized carbons (Fsp3) is 0.476. The molecule has 0 spiro atoms. The number of nitrogens with one attached hydrogen (secondary N) is 2. The number of benzene rings is 1. The van der Waals surface area contributed by atoms with Gasteiger partial charge in [0.05, 0.1) is 12.7 Å². The molecule has 9 heteroatoms. The summed E-state index contributed by atoms with van der Waals surface area (Å²) >= 11 is 0. The van der Waals surface area contributed by atoms with Crippen molar-refractivity contribution in [3.63, 3.8) is 0 Å². The Bertz CT molecular complexity index is 734. The van der Waals surface area contributed by atoms with E-state index in [-0.39, 0.29) is 49.1 Å². The van der Waals surface area contributed by atoms with Crippen molar-refractivity contribution in [3.05, 3.63) is 59.0 Å². The molecule has 30 heavy (non-hydrogen) atoms. The average Bonchev–Trinajstić information content (AvgIpc) is 3.04. The second kappa shape index (κ2) is 14.8. The SMILES string of the molecule is Cc1cc(N)nc(C[C@@H]2CNC[C@H]2OCCNCCc2cccc(F)c2)c1.Cl.Cl.Cl. The van der Waals surface area contributed by atoms with E-state index >= 15 is 0 Å². The Labute approximate surface area is 197 Å². The number of pyridine rings is 1. The molecule has 170 valence electrons. The summed E-state index contributed by atoms with van der Waals surface area (Å²) in [6.45, 7) is 6.11. The number of rotatable bonds is 9. The molecule has 2 aromatic rings. The molecule has 1 aliphatic heterocycles. The van der Waals surface area contributed by atoms with Gasteiger partial charge >= 0.3 is 0 Å². The lowest BCUT2D eigenvalue weighted by Gasteiger charge is -2.19. The number of anilines is 1. The molecule has 2 atom stereocenters. The number of ether oxygens (including phenoxy) is 1. The van der Waals surface area contributed by atoms with Crippen molar-refractivity contribution in [1.82, 2.24) is 15.6 Å². The second-order valence-corrected chi connectivity index (χ2v) is 7.22. The molecule has 0 amide bonds. The zero-order valence-electron chi connectivity index (χ0n) is 17.1. The number of nitrogen functional groups attached to an aromatic ring is 1. The van der Waals surface area contributed by atoms with Crippen molar-refractivity contribution < 1.29 is 9.13 Å². The highest BCUT2D eigenvalue weighted by Crippen LogP contribution is 2.19. The molecule has 0 bridgehead atoms. The molecule has 2 heterocycles. The van der Waals surface area contributed by atoms with E-state index in [1.165, 1.54) is 6.07 Å². The molecule has 1 aliphatic rings. The van der Waals surface area contributed by atoms with Gasteiger partial charge in [0.15, 0.2) is 0 Å². The number of aromatic nitrogens is 1. The van der Waals surface area contributed by atoms with Crippen LogP contribution >= 0.6 is 37.2 Å². The Kier molecular flexibility index (Phi) is 14.2. The molecule has 5 nitrogen and oxygen atoms in total. The number of aryl methyl sites for hydroxylation is 1. The normalized spacial score (nSPS) is 17.5. The minimum absolute atomic E-state index is 0. The monoisotopic (exact) mass is 480 g/mol. The minimum atomic E-state index is -0.180. The van der Waals surface area contributed by atoms with Crippen molar-refractivity contribution in [1.29, 1.82) is 0 Å². The molecular weight excluding hydrogens is 450 g/mol. The smallest absolute Gasteiger partial charge is 0.123 e. The lowest BCUT2D eigenvalue weighted by Crippen LogP contribution is -2.29. The number of hydrogen-bond acceptors (Lipinski definition) is 5. The van der Waals surface area contributed by atoms with Gasteiger partial charge in [-0.3, -0.25) is 0 Å². The van der Waals surface area contributed by atoms with E-state index in [0.717, 1.165) is 55.8 Å². The summed E-state index contributed by atoms with van der Waals surface area (Å²) in [5, 5.41) is 6.77. The van der Waals surface area contributed by atoms with E-state index in [1.54, 1.807) is 12.1 Å². The predicted octanol–water partition coefficient (Wildman–Crippen LogP) is 3.36. The first kappa shape index (κ1) is 28.9. The van der Waals surface area contributed by atoms with Gasteiger partial charge in [-0.15, -0.1) is 37.2 Å². The van der Waals surface area contributed by atoms with Crippen molar-refractivity contribution >= 4 is 43.0 Å². The highest BCUT2D eigenvalue weighted by Gasteiger charge is 2.28. The summed E-state index contributed by atoms with van der Waals surface area (Å²) in [4.78, 5) is 4.44. The maximum atomic E-state index is 13.1. The van der Waals surface area contributed by atoms with E-state index < -0.39 is 0 Å². The average molecular weight is 482 g/mol. The summed E-state index contributed by atoms with van der Waals surface area (Å²) in [5.41, 5.74) is 9.04. The van der Waals surface area contributed by atoms with Gasteiger partial charge < -0.3 is 21.1 Å².